The molecule has 0 unspecified atom stereocenters. The molecule has 0 fully saturated rings. The number of rotatable bonds is 6. The lowest BCUT2D eigenvalue weighted by Gasteiger charge is -2.08. The summed E-state index contributed by atoms with van der Waals surface area (Å²) < 4.78 is 17.1. The Morgan fingerprint density at radius 1 is 1.35 bits per heavy atom. The van der Waals surface area contributed by atoms with Crippen LogP contribution in [-0.2, 0) is 9.47 Å². The van der Waals surface area contributed by atoms with E-state index in [4.69, 9.17) is 13.9 Å². The number of carbonyl (C=O) groups is 1. The van der Waals surface area contributed by atoms with Crippen molar-refractivity contribution in [2.45, 2.75) is 0 Å². The Kier molecular flexibility index (Phi) is 4.29. The third-order valence-electron chi connectivity index (χ3n) is 3.39. The van der Waals surface area contributed by atoms with Crippen LogP contribution < -0.4 is 5.32 Å². The highest BCUT2D eigenvalue weighted by atomic mass is 16.5. The fraction of sp³-hybridized carbons (Fsp3) is 0.250. The van der Waals surface area contributed by atoms with E-state index in [9.17, 15) is 4.79 Å². The normalized spacial score (nSPS) is 10.9. The summed E-state index contributed by atoms with van der Waals surface area (Å²) in [6.45, 7) is 1.14. The molecule has 7 heteroatoms. The highest BCUT2D eigenvalue weighted by molar-refractivity contribution is 5.89. The molecule has 0 amide bonds. The number of aromatic nitrogens is 2. The molecule has 0 aromatic carbocycles. The van der Waals surface area contributed by atoms with Gasteiger partial charge in [-0.1, -0.05) is 0 Å². The Bertz CT molecular complexity index is 808. The number of esters is 1. The van der Waals surface area contributed by atoms with Crippen LogP contribution in [0.5, 0.6) is 0 Å². The molecule has 3 aromatic rings. The van der Waals surface area contributed by atoms with Crippen molar-refractivity contribution in [3.63, 3.8) is 0 Å². The minimum Gasteiger partial charge on any atom is -0.465 e. The van der Waals surface area contributed by atoms with E-state index in [1.165, 1.54) is 7.11 Å². The average Bonchev–Trinajstić information content (AvgIpc) is 3.21. The number of carbonyl (C=O) groups excluding carboxylic acids is 1. The molecule has 0 bridgehead atoms. The summed E-state index contributed by atoms with van der Waals surface area (Å²) in [5.74, 6) is 0.981. The number of hydrogen-bond acceptors (Lipinski definition) is 6. The van der Waals surface area contributed by atoms with Gasteiger partial charge in [0.25, 0.3) is 0 Å². The topological polar surface area (TPSA) is 78.0 Å². The lowest BCUT2D eigenvalue weighted by molar-refractivity contribution is 0.0600. The zero-order valence-electron chi connectivity index (χ0n) is 12.9. The number of furan rings is 1. The molecule has 0 aliphatic heterocycles. The molecule has 3 rings (SSSR count). The van der Waals surface area contributed by atoms with Gasteiger partial charge < -0.3 is 19.2 Å². The monoisotopic (exact) mass is 315 g/mol. The Morgan fingerprint density at radius 3 is 2.91 bits per heavy atom. The standard InChI is InChI=1S/C16H17N3O4/c1-21-9-7-17-15-14(12-4-3-8-23-12)18-13-6-5-11(10-19(13)15)16(20)22-2/h3-6,8,10,17H,7,9H2,1-2H3. The summed E-state index contributed by atoms with van der Waals surface area (Å²) in [5, 5.41) is 3.27. The van der Waals surface area contributed by atoms with Crippen molar-refractivity contribution in [1.82, 2.24) is 9.38 Å². The lowest BCUT2D eigenvalue weighted by atomic mass is 10.3. The van der Waals surface area contributed by atoms with Crippen LogP contribution >= 0.6 is 0 Å². The largest absolute Gasteiger partial charge is 0.465 e. The van der Waals surface area contributed by atoms with Crippen molar-refractivity contribution in [1.29, 1.82) is 0 Å². The van der Waals surface area contributed by atoms with Gasteiger partial charge in [-0.25, -0.2) is 9.78 Å². The highest BCUT2D eigenvalue weighted by Gasteiger charge is 2.17. The van der Waals surface area contributed by atoms with Crippen molar-refractivity contribution in [3.8, 4) is 11.5 Å². The SMILES string of the molecule is COCCNc1c(-c2ccco2)nc2ccc(C(=O)OC)cn12. The van der Waals surface area contributed by atoms with Gasteiger partial charge >= 0.3 is 5.97 Å². The van der Waals surface area contributed by atoms with Gasteiger partial charge in [0, 0.05) is 19.9 Å². The Hall–Kier alpha value is -2.80. The van der Waals surface area contributed by atoms with Crippen molar-refractivity contribution in [3.05, 3.63) is 42.3 Å². The number of fused-ring (bicyclic) bond motifs is 1. The first kappa shape index (κ1) is 15.1. The summed E-state index contributed by atoms with van der Waals surface area (Å²) in [6.07, 6.45) is 3.29. The molecule has 0 saturated heterocycles. The van der Waals surface area contributed by atoms with E-state index in [0.29, 0.717) is 35.8 Å². The van der Waals surface area contributed by atoms with Crippen LogP contribution in [0.4, 0.5) is 5.82 Å². The van der Waals surface area contributed by atoms with Gasteiger partial charge in [0.1, 0.15) is 17.2 Å². The van der Waals surface area contributed by atoms with Crippen LogP contribution in [0, 0.1) is 0 Å². The van der Waals surface area contributed by atoms with E-state index in [2.05, 4.69) is 10.3 Å². The van der Waals surface area contributed by atoms with Gasteiger partial charge in [0.2, 0.25) is 0 Å². The molecule has 7 nitrogen and oxygen atoms in total. The Labute approximate surface area is 132 Å². The second kappa shape index (κ2) is 6.53. The number of imidazole rings is 1. The van der Waals surface area contributed by atoms with E-state index in [1.807, 2.05) is 6.07 Å². The summed E-state index contributed by atoms with van der Waals surface area (Å²) >= 11 is 0. The van der Waals surface area contributed by atoms with Gasteiger partial charge in [-0.2, -0.15) is 0 Å². The van der Waals surface area contributed by atoms with Gasteiger partial charge in [-0.3, -0.25) is 4.40 Å². The van der Waals surface area contributed by atoms with Gasteiger partial charge in [-0.05, 0) is 24.3 Å². The molecule has 23 heavy (non-hydrogen) atoms. The third-order valence-corrected chi connectivity index (χ3v) is 3.39. The predicted molar refractivity (Wildman–Crippen MR) is 84.6 cm³/mol. The molecule has 0 aliphatic carbocycles. The maximum Gasteiger partial charge on any atom is 0.339 e. The van der Waals surface area contributed by atoms with E-state index in [-0.39, 0.29) is 0 Å². The maximum atomic E-state index is 11.7. The first-order valence-corrected chi connectivity index (χ1v) is 7.11. The number of hydrogen-bond donors (Lipinski definition) is 1. The van der Waals surface area contributed by atoms with Crippen LogP contribution in [0.15, 0.2) is 41.1 Å². The fourth-order valence-corrected chi connectivity index (χ4v) is 2.31. The maximum absolute atomic E-state index is 11.7. The van der Waals surface area contributed by atoms with Crippen LogP contribution in [-0.4, -0.2) is 42.7 Å². The molecule has 1 N–H and O–H groups in total. The smallest absolute Gasteiger partial charge is 0.339 e. The van der Waals surface area contributed by atoms with Crippen molar-refractivity contribution >= 4 is 17.4 Å². The highest BCUT2D eigenvalue weighted by Crippen LogP contribution is 2.29. The summed E-state index contributed by atoms with van der Waals surface area (Å²) in [4.78, 5) is 16.3. The number of anilines is 1. The van der Waals surface area contributed by atoms with Crippen LogP contribution in [0.2, 0.25) is 0 Å². The minimum absolute atomic E-state index is 0.400. The lowest BCUT2D eigenvalue weighted by Crippen LogP contribution is -2.10. The van der Waals surface area contributed by atoms with E-state index in [1.54, 1.807) is 42.2 Å². The molecular weight excluding hydrogens is 298 g/mol. The first-order valence-electron chi connectivity index (χ1n) is 7.11. The summed E-state index contributed by atoms with van der Waals surface area (Å²) in [6, 6.07) is 7.09. The van der Waals surface area contributed by atoms with E-state index >= 15 is 0 Å². The molecule has 0 aliphatic rings. The summed E-state index contributed by atoms with van der Waals surface area (Å²) in [5.41, 5.74) is 1.82. The molecule has 0 radical (unpaired) electrons. The van der Waals surface area contributed by atoms with Gasteiger partial charge in [0.05, 0.1) is 25.5 Å². The quantitative estimate of drug-likeness (QED) is 0.556. The average molecular weight is 315 g/mol. The molecule has 3 heterocycles. The Balaban J connectivity index is 2.10. The number of nitrogens with one attached hydrogen (secondary N) is 1. The zero-order valence-corrected chi connectivity index (χ0v) is 12.9. The second-order valence-corrected chi connectivity index (χ2v) is 4.84. The number of nitrogens with zero attached hydrogens (tertiary/aromatic N) is 2. The van der Waals surface area contributed by atoms with Crippen molar-refractivity contribution in [2.24, 2.45) is 0 Å². The number of ether oxygens (including phenoxy) is 2. The molecule has 120 valence electrons. The third kappa shape index (κ3) is 2.91. The first-order chi connectivity index (χ1) is 11.2. The number of pyridine rings is 1. The van der Waals surface area contributed by atoms with E-state index in [0.717, 1.165) is 5.82 Å². The molecular formula is C16H17N3O4. The van der Waals surface area contributed by atoms with Gasteiger partial charge in [-0.15, -0.1) is 0 Å². The predicted octanol–water partition coefficient (Wildman–Crippen LogP) is 2.44. The molecule has 0 atom stereocenters. The van der Waals surface area contributed by atoms with Crippen LogP contribution in [0.3, 0.4) is 0 Å². The second-order valence-electron chi connectivity index (χ2n) is 4.84. The van der Waals surface area contributed by atoms with Crippen molar-refractivity contribution in [2.75, 3.05) is 32.7 Å². The number of methoxy groups -OCH3 is 2. The minimum atomic E-state index is -0.400. The zero-order chi connectivity index (χ0) is 16.2. The van der Waals surface area contributed by atoms with Crippen molar-refractivity contribution < 1.29 is 18.7 Å². The van der Waals surface area contributed by atoms with Gasteiger partial charge in [0.15, 0.2) is 5.76 Å². The Morgan fingerprint density at radius 2 is 2.22 bits per heavy atom. The van der Waals surface area contributed by atoms with Crippen LogP contribution in [0.25, 0.3) is 17.1 Å². The molecule has 0 spiro atoms. The van der Waals surface area contributed by atoms with Crippen LogP contribution in [0.1, 0.15) is 10.4 Å². The van der Waals surface area contributed by atoms with E-state index < -0.39 is 5.97 Å². The summed E-state index contributed by atoms with van der Waals surface area (Å²) in [7, 11) is 2.99. The molecule has 3 aromatic heterocycles. The molecule has 0 saturated carbocycles. The fourth-order valence-electron chi connectivity index (χ4n) is 2.31.